The van der Waals surface area contributed by atoms with Crippen molar-refractivity contribution in [1.29, 1.82) is 0 Å². The van der Waals surface area contributed by atoms with Crippen molar-refractivity contribution in [3.8, 4) is 5.75 Å². The molecule has 1 aromatic carbocycles. The monoisotopic (exact) mass is 316 g/mol. The van der Waals surface area contributed by atoms with E-state index in [4.69, 9.17) is 10.5 Å². The Kier molecular flexibility index (Phi) is 8.11. The topological polar surface area (TPSA) is 84.6 Å². The second kappa shape index (κ2) is 9.59. The lowest BCUT2D eigenvalue weighted by atomic mass is 10.2. The Morgan fingerprint density at radius 1 is 1.48 bits per heavy atom. The molecule has 0 saturated heterocycles. The van der Waals surface area contributed by atoms with E-state index in [0.29, 0.717) is 12.2 Å². The number of carbonyl (C=O) groups is 1. The molecule has 1 amide bonds. The number of benzene rings is 1. The van der Waals surface area contributed by atoms with E-state index in [1.807, 2.05) is 6.26 Å². The molecule has 5 nitrogen and oxygen atoms in total. The van der Waals surface area contributed by atoms with Crippen molar-refractivity contribution in [1.82, 2.24) is 5.32 Å². The van der Waals surface area contributed by atoms with Crippen molar-refractivity contribution in [3.05, 3.63) is 30.1 Å². The molecule has 0 aliphatic rings. The first kappa shape index (κ1) is 17.7. The van der Waals surface area contributed by atoms with Crippen molar-refractivity contribution in [2.75, 3.05) is 25.2 Å². The summed E-state index contributed by atoms with van der Waals surface area (Å²) >= 11 is 1.62. The molecule has 0 saturated carbocycles. The maximum atomic E-state index is 12.7. The maximum Gasteiger partial charge on any atom is 0.237 e. The van der Waals surface area contributed by atoms with Crippen LogP contribution in [0.25, 0.3) is 0 Å². The van der Waals surface area contributed by atoms with Gasteiger partial charge in [0.15, 0.2) is 0 Å². The summed E-state index contributed by atoms with van der Waals surface area (Å²) in [6.07, 6.45) is 1.68. The second-order valence-electron chi connectivity index (χ2n) is 4.55. The summed E-state index contributed by atoms with van der Waals surface area (Å²) in [5.74, 6) is 0.628. The lowest BCUT2D eigenvalue weighted by Gasteiger charge is -2.15. The minimum absolute atomic E-state index is 0.00592. The minimum Gasteiger partial charge on any atom is -0.491 e. The summed E-state index contributed by atoms with van der Waals surface area (Å²) in [5.41, 5.74) is 5.69. The number of aliphatic hydroxyl groups is 1. The fourth-order valence-corrected chi connectivity index (χ4v) is 2.00. The average Bonchev–Trinajstić information content (AvgIpc) is 2.49. The highest BCUT2D eigenvalue weighted by Gasteiger charge is 2.14. The van der Waals surface area contributed by atoms with Crippen molar-refractivity contribution in [3.63, 3.8) is 0 Å². The molecule has 1 unspecified atom stereocenters. The molecule has 4 N–H and O–H groups in total. The number of ether oxygens (including phenoxy) is 1. The Hall–Kier alpha value is -1.31. The first-order valence-electron chi connectivity index (χ1n) is 6.61. The van der Waals surface area contributed by atoms with Crippen molar-refractivity contribution >= 4 is 17.7 Å². The quantitative estimate of drug-likeness (QED) is 0.626. The molecule has 0 aliphatic heterocycles. The third-order valence-electron chi connectivity index (χ3n) is 2.74. The first-order valence-corrected chi connectivity index (χ1v) is 8.01. The smallest absolute Gasteiger partial charge is 0.237 e. The van der Waals surface area contributed by atoms with Gasteiger partial charge >= 0.3 is 0 Å². The molecular weight excluding hydrogens is 295 g/mol. The first-order chi connectivity index (χ1) is 10.0. The SMILES string of the molecule is CSCC[C@H](N)C(=O)NCC(O)COc1ccc(F)cc1. The Morgan fingerprint density at radius 3 is 2.76 bits per heavy atom. The third-order valence-corrected chi connectivity index (χ3v) is 3.38. The van der Waals surface area contributed by atoms with Crippen LogP contribution in [0.4, 0.5) is 4.39 Å². The van der Waals surface area contributed by atoms with Crippen LogP contribution >= 0.6 is 11.8 Å². The van der Waals surface area contributed by atoms with Gasteiger partial charge in [0, 0.05) is 6.54 Å². The number of nitrogens with one attached hydrogen (secondary N) is 1. The summed E-state index contributed by atoms with van der Waals surface area (Å²) in [4.78, 5) is 11.6. The molecule has 0 spiro atoms. The highest BCUT2D eigenvalue weighted by molar-refractivity contribution is 7.98. The Morgan fingerprint density at radius 2 is 2.14 bits per heavy atom. The van der Waals surface area contributed by atoms with Gasteiger partial charge in [0.25, 0.3) is 0 Å². The molecule has 0 radical (unpaired) electrons. The molecule has 0 heterocycles. The summed E-state index contributed by atoms with van der Waals surface area (Å²) < 4.78 is 18.0. The minimum atomic E-state index is -0.855. The highest BCUT2D eigenvalue weighted by Crippen LogP contribution is 2.11. The van der Waals surface area contributed by atoms with E-state index >= 15 is 0 Å². The lowest BCUT2D eigenvalue weighted by molar-refractivity contribution is -0.122. The van der Waals surface area contributed by atoms with Gasteiger partial charge in [0.05, 0.1) is 6.04 Å². The fraction of sp³-hybridized carbons (Fsp3) is 0.500. The van der Waals surface area contributed by atoms with Crippen molar-refractivity contribution < 1.29 is 19.0 Å². The predicted octanol–water partition coefficient (Wildman–Crippen LogP) is 0.762. The van der Waals surface area contributed by atoms with Gasteiger partial charge in [-0.25, -0.2) is 4.39 Å². The largest absolute Gasteiger partial charge is 0.491 e. The summed E-state index contributed by atoms with van der Waals surface area (Å²) in [6, 6.07) is 4.92. The van der Waals surface area contributed by atoms with E-state index in [2.05, 4.69) is 5.32 Å². The van der Waals surface area contributed by atoms with Crippen molar-refractivity contribution in [2.45, 2.75) is 18.6 Å². The normalized spacial score (nSPS) is 13.5. The van der Waals surface area contributed by atoms with Crippen LogP contribution < -0.4 is 15.8 Å². The molecule has 118 valence electrons. The van der Waals surface area contributed by atoms with Gasteiger partial charge in [-0.2, -0.15) is 11.8 Å². The van der Waals surface area contributed by atoms with E-state index in [9.17, 15) is 14.3 Å². The van der Waals surface area contributed by atoms with Crippen LogP contribution in [0.3, 0.4) is 0 Å². The number of thioether (sulfide) groups is 1. The van der Waals surface area contributed by atoms with E-state index in [1.54, 1.807) is 11.8 Å². The molecule has 1 aromatic rings. The van der Waals surface area contributed by atoms with Crippen LogP contribution in [0.2, 0.25) is 0 Å². The number of hydrogen-bond donors (Lipinski definition) is 3. The molecule has 7 heteroatoms. The number of carbonyl (C=O) groups excluding carboxylic acids is 1. The average molecular weight is 316 g/mol. The van der Waals surface area contributed by atoms with Gasteiger partial charge in [-0.15, -0.1) is 0 Å². The van der Waals surface area contributed by atoms with E-state index in [0.717, 1.165) is 5.75 Å². The zero-order valence-corrected chi connectivity index (χ0v) is 12.7. The van der Waals surface area contributed by atoms with Crippen LogP contribution in [0, 0.1) is 5.82 Å². The van der Waals surface area contributed by atoms with Crippen LogP contribution in [-0.2, 0) is 4.79 Å². The maximum absolute atomic E-state index is 12.7. The lowest BCUT2D eigenvalue weighted by Crippen LogP contribution is -2.44. The molecule has 21 heavy (non-hydrogen) atoms. The molecule has 0 aromatic heterocycles. The Balaban J connectivity index is 2.22. The van der Waals surface area contributed by atoms with Gasteiger partial charge in [-0.3, -0.25) is 4.79 Å². The molecule has 1 rings (SSSR count). The highest BCUT2D eigenvalue weighted by atomic mass is 32.2. The summed E-state index contributed by atoms with van der Waals surface area (Å²) in [7, 11) is 0. The van der Waals surface area contributed by atoms with Crippen LogP contribution in [0.15, 0.2) is 24.3 Å². The standard InChI is InChI=1S/C14H21FN2O3S/c1-21-7-6-13(16)14(19)17-8-11(18)9-20-12-4-2-10(15)3-5-12/h2-5,11,13,18H,6-9,16H2,1H3,(H,17,19)/t11?,13-/m0/s1. The van der Waals surface area contributed by atoms with E-state index in [-0.39, 0.29) is 24.9 Å². The summed E-state index contributed by atoms with van der Waals surface area (Å²) in [6.45, 7) is 0.0684. The number of amides is 1. The zero-order chi connectivity index (χ0) is 15.7. The third kappa shape index (κ3) is 7.31. The number of aliphatic hydroxyl groups excluding tert-OH is 1. The van der Waals surface area contributed by atoms with Crippen LogP contribution in [0.1, 0.15) is 6.42 Å². The predicted molar refractivity (Wildman–Crippen MR) is 81.9 cm³/mol. The molecule has 0 fully saturated rings. The van der Waals surface area contributed by atoms with Crippen LogP contribution in [0.5, 0.6) is 5.75 Å². The number of hydrogen-bond acceptors (Lipinski definition) is 5. The van der Waals surface area contributed by atoms with Gasteiger partial charge in [0.1, 0.15) is 24.3 Å². The second-order valence-corrected chi connectivity index (χ2v) is 5.54. The fourth-order valence-electron chi connectivity index (χ4n) is 1.51. The van der Waals surface area contributed by atoms with Gasteiger partial charge in [0.2, 0.25) is 5.91 Å². The Labute approximate surface area is 128 Å². The van der Waals surface area contributed by atoms with Gasteiger partial charge in [-0.05, 0) is 42.7 Å². The number of halogens is 1. The molecule has 0 aliphatic carbocycles. The van der Waals surface area contributed by atoms with Gasteiger partial charge < -0.3 is 20.9 Å². The molecule has 2 atom stereocenters. The zero-order valence-electron chi connectivity index (χ0n) is 11.9. The molecular formula is C14H21FN2O3S. The van der Waals surface area contributed by atoms with Crippen LogP contribution in [-0.4, -0.2) is 48.3 Å². The Bertz CT molecular complexity index is 431. The summed E-state index contributed by atoms with van der Waals surface area (Å²) in [5, 5.41) is 12.3. The van der Waals surface area contributed by atoms with Gasteiger partial charge in [-0.1, -0.05) is 0 Å². The van der Waals surface area contributed by atoms with Crippen molar-refractivity contribution in [2.24, 2.45) is 5.73 Å². The van der Waals surface area contributed by atoms with E-state index in [1.165, 1.54) is 24.3 Å². The van der Waals surface area contributed by atoms with E-state index < -0.39 is 12.1 Å². The number of nitrogens with two attached hydrogens (primary N) is 1. The number of rotatable bonds is 9. The molecule has 0 bridgehead atoms.